The van der Waals surface area contributed by atoms with Crippen LogP contribution in [0.5, 0.6) is 0 Å². The summed E-state index contributed by atoms with van der Waals surface area (Å²) in [5.41, 5.74) is 0.835. The molecule has 1 aromatic carbocycles. The molecule has 0 spiro atoms. The summed E-state index contributed by atoms with van der Waals surface area (Å²) in [6, 6.07) is 4.47. The number of nitrogens with one attached hydrogen (secondary N) is 1. The first-order valence-electron chi connectivity index (χ1n) is 5.15. The molecule has 0 aromatic heterocycles. The fraction of sp³-hybridized carbons (Fsp3) is 0.364. The van der Waals surface area contributed by atoms with Crippen LogP contribution < -0.4 is 5.32 Å². The largest absolute Gasteiger partial charge is 0.352 e. The standard InChI is InChI=1S/C11H13BrN2O3/c1-8-3-4-9(7-10(8)14(16)17)11(15)13-6-2-5-12/h3-4,7H,2,5-6H2,1H3,(H,13,15). The minimum absolute atomic E-state index is 0.0295. The highest BCUT2D eigenvalue weighted by molar-refractivity contribution is 9.09. The number of nitrogens with zero attached hydrogens (tertiary/aromatic N) is 1. The van der Waals surface area contributed by atoms with Crippen LogP contribution in [0.1, 0.15) is 22.3 Å². The topological polar surface area (TPSA) is 72.2 Å². The molecule has 1 amide bonds. The Morgan fingerprint density at radius 1 is 1.53 bits per heavy atom. The molecule has 0 saturated carbocycles. The lowest BCUT2D eigenvalue weighted by molar-refractivity contribution is -0.385. The first-order valence-corrected chi connectivity index (χ1v) is 6.27. The molecule has 0 saturated heterocycles. The molecule has 0 radical (unpaired) electrons. The van der Waals surface area contributed by atoms with Gasteiger partial charge in [-0.15, -0.1) is 0 Å². The van der Waals surface area contributed by atoms with Crippen LogP contribution in [0.4, 0.5) is 5.69 Å². The van der Waals surface area contributed by atoms with E-state index < -0.39 is 4.92 Å². The van der Waals surface area contributed by atoms with Gasteiger partial charge in [0.15, 0.2) is 0 Å². The van der Waals surface area contributed by atoms with E-state index in [1.165, 1.54) is 6.07 Å². The van der Waals surface area contributed by atoms with E-state index in [0.717, 1.165) is 11.8 Å². The summed E-state index contributed by atoms with van der Waals surface area (Å²) >= 11 is 3.26. The summed E-state index contributed by atoms with van der Waals surface area (Å²) in [4.78, 5) is 21.9. The quantitative estimate of drug-likeness (QED) is 0.393. The monoisotopic (exact) mass is 300 g/mol. The smallest absolute Gasteiger partial charge is 0.273 e. The number of amides is 1. The molecular weight excluding hydrogens is 288 g/mol. The number of carbonyl (C=O) groups is 1. The summed E-state index contributed by atoms with van der Waals surface area (Å²) in [6.07, 6.45) is 0.819. The van der Waals surface area contributed by atoms with Crippen molar-refractivity contribution in [3.63, 3.8) is 0 Å². The third-order valence-corrected chi connectivity index (χ3v) is 2.82. The molecule has 0 atom stereocenters. The van der Waals surface area contributed by atoms with Crippen molar-refractivity contribution in [3.05, 3.63) is 39.4 Å². The Hall–Kier alpha value is -1.43. The molecule has 0 unspecified atom stereocenters. The lowest BCUT2D eigenvalue weighted by Gasteiger charge is -2.04. The van der Waals surface area contributed by atoms with Crippen molar-refractivity contribution in [3.8, 4) is 0 Å². The normalized spacial score (nSPS) is 10.0. The van der Waals surface area contributed by atoms with E-state index in [1.54, 1.807) is 19.1 Å². The average Bonchev–Trinajstić information content (AvgIpc) is 2.29. The van der Waals surface area contributed by atoms with Crippen molar-refractivity contribution >= 4 is 27.5 Å². The van der Waals surface area contributed by atoms with Gasteiger partial charge in [0.25, 0.3) is 11.6 Å². The van der Waals surface area contributed by atoms with Crippen molar-refractivity contribution in [2.75, 3.05) is 11.9 Å². The zero-order chi connectivity index (χ0) is 12.8. The predicted octanol–water partition coefficient (Wildman–Crippen LogP) is 2.42. The van der Waals surface area contributed by atoms with Gasteiger partial charge in [-0.1, -0.05) is 22.0 Å². The lowest BCUT2D eigenvalue weighted by Crippen LogP contribution is -2.24. The van der Waals surface area contributed by atoms with Crippen LogP contribution >= 0.6 is 15.9 Å². The third-order valence-electron chi connectivity index (χ3n) is 2.26. The Balaban J connectivity index is 2.81. The van der Waals surface area contributed by atoms with E-state index in [1.807, 2.05) is 0 Å². The number of nitro groups is 1. The van der Waals surface area contributed by atoms with Gasteiger partial charge in [-0.2, -0.15) is 0 Å². The molecule has 92 valence electrons. The van der Waals surface area contributed by atoms with Gasteiger partial charge in [-0.25, -0.2) is 0 Å². The number of hydrogen-bond donors (Lipinski definition) is 1. The first-order chi connectivity index (χ1) is 8.06. The van der Waals surface area contributed by atoms with Gasteiger partial charge < -0.3 is 5.32 Å². The molecule has 1 aromatic rings. The van der Waals surface area contributed by atoms with Gasteiger partial charge >= 0.3 is 0 Å². The van der Waals surface area contributed by atoms with Crippen LogP contribution in [0.25, 0.3) is 0 Å². The summed E-state index contributed by atoms with van der Waals surface area (Å²) in [7, 11) is 0. The second-order valence-corrected chi connectivity index (χ2v) is 4.35. The van der Waals surface area contributed by atoms with Crippen LogP contribution in [-0.2, 0) is 0 Å². The zero-order valence-corrected chi connectivity index (χ0v) is 11.0. The van der Waals surface area contributed by atoms with E-state index in [0.29, 0.717) is 17.7 Å². The van der Waals surface area contributed by atoms with Crippen LogP contribution in [0, 0.1) is 17.0 Å². The molecule has 1 rings (SSSR count). The summed E-state index contributed by atoms with van der Waals surface area (Å²) < 4.78 is 0. The number of aryl methyl sites for hydroxylation is 1. The predicted molar refractivity (Wildman–Crippen MR) is 68.6 cm³/mol. The number of rotatable bonds is 5. The maximum absolute atomic E-state index is 11.7. The third kappa shape index (κ3) is 3.81. The number of nitro benzene ring substituents is 1. The molecule has 0 fully saturated rings. The second kappa shape index (κ2) is 6.34. The van der Waals surface area contributed by atoms with Crippen LogP contribution in [0.15, 0.2) is 18.2 Å². The lowest BCUT2D eigenvalue weighted by atomic mass is 10.1. The maximum Gasteiger partial charge on any atom is 0.273 e. The average molecular weight is 301 g/mol. The van der Waals surface area contributed by atoms with Crippen LogP contribution in [0.3, 0.4) is 0 Å². The molecule has 1 N–H and O–H groups in total. The van der Waals surface area contributed by atoms with Crippen molar-refractivity contribution in [1.29, 1.82) is 0 Å². The second-order valence-electron chi connectivity index (χ2n) is 3.56. The first kappa shape index (κ1) is 13.6. The summed E-state index contributed by atoms with van der Waals surface area (Å²) in [6.45, 7) is 2.19. The zero-order valence-electron chi connectivity index (χ0n) is 9.40. The highest BCUT2D eigenvalue weighted by atomic mass is 79.9. The van der Waals surface area contributed by atoms with Crippen molar-refractivity contribution < 1.29 is 9.72 Å². The number of alkyl halides is 1. The Labute approximate surface area is 107 Å². The van der Waals surface area contributed by atoms with Gasteiger partial charge in [0, 0.05) is 29.1 Å². The molecule has 6 heteroatoms. The Morgan fingerprint density at radius 3 is 2.82 bits per heavy atom. The molecule has 0 heterocycles. The van der Waals surface area contributed by atoms with Crippen LogP contribution in [0.2, 0.25) is 0 Å². The van der Waals surface area contributed by atoms with Gasteiger partial charge in [0.2, 0.25) is 0 Å². The summed E-state index contributed by atoms with van der Waals surface area (Å²) in [5, 5.41) is 14.2. The fourth-order valence-corrected chi connectivity index (χ4v) is 1.60. The minimum atomic E-state index is -0.482. The van der Waals surface area contributed by atoms with E-state index in [2.05, 4.69) is 21.2 Å². The molecule has 17 heavy (non-hydrogen) atoms. The Morgan fingerprint density at radius 2 is 2.24 bits per heavy atom. The van der Waals surface area contributed by atoms with Crippen LogP contribution in [-0.4, -0.2) is 22.7 Å². The number of halogens is 1. The molecule has 0 bridgehead atoms. The number of hydrogen-bond acceptors (Lipinski definition) is 3. The SMILES string of the molecule is Cc1ccc(C(=O)NCCCBr)cc1[N+](=O)[O-]. The molecular formula is C11H13BrN2O3. The van der Waals surface area contributed by atoms with Gasteiger partial charge in [0.05, 0.1) is 4.92 Å². The van der Waals surface area contributed by atoms with Gasteiger partial charge in [0.1, 0.15) is 0 Å². The molecule has 5 nitrogen and oxygen atoms in total. The fourth-order valence-electron chi connectivity index (χ4n) is 1.32. The van der Waals surface area contributed by atoms with E-state index in [4.69, 9.17) is 0 Å². The van der Waals surface area contributed by atoms with E-state index in [9.17, 15) is 14.9 Å². The molecule has 0 aliphatic heterocycles. The van der Waals surface area contributed by atoms with E-state index >= 15 is 0 Å². The Kier molecular flexibility index (Phi) is 5.09. The van der Waals surface area contributed by atoms with Crippen molar-refractivity contribution in [2.45, 2.75) is 13.3 Å². The highest BCUT2D eigenvalue weighted by Gasteiger charge is 2.14. The highest BCUT2D eigenvalue weighted by Crippen LogP contribution is 2.19. The Bertz CT molecular complexity index is 435. The van der Waals surface area contributed by atoms with Gasteiger partial charge in [-0.05, 0) is 19.4 Å². The molecule has 0 aliphatic carbocycles. The van der Waals surface area contributed by atoms with Crippen molar-refractivity contribution in [1.82, 2.24) is 5.32 Å². The van der Waals surface area contributed by atoms with E-state index in [-0.39, 0.29) is 11.6 Å². The number of benzene rings is 1. The molecule has 0 aliphatic rings. The maximum atomic E-state index is 11.7. The van der Waals surface area contributed by atoms with Gasteiger partial charge in [-0.3, -0.25) is 14.9 Å². The summed E-state index contributed by atoms with van der Waals surface area (Å²) in [5.74, 6) is -0.283. The number of carbonyl (C=O) groups excluding carboxylic acids is 1. The van der Waals surface area contributed by atoms with Crippen molar-refractivity contribution in [2.24, 2.45) is 0 Å². The minimum Gasteiger partial charge on any atom is -0.352 e.